The summed E-state index contributed by atoms with van der Waals surface area (Å²) >= 11 is 0. The highest BCUT2D eigenvalue weighted by atomic mass is 16.6. The maximum Gasteiger partial charge on any atom is 0.339 e. The van der Waals surface area contributed by atoms with Crippen LogP contribution < -0.4 is 21.3 Å². The Bertz CT molecular complexity index is 2050. The average molecular weight is 943 g/mol. The number of hydrogen-bond acceptors (Lipinski definition) is 12. The van der Waals surface area contributed by atoms with E-state index >= 15 is 0 Å². The van der Waals surface area contributed by atoms with Gasteiger partial charge >= 0.3 is 23.9 Å². The second-order valence-corrected chi connectivity index (χ2v) is 26.2. The molecule has 6 rings (SSSR count). The molecule has 4 fully saturated rings. The lowest BCUT2D eigenvalue weighted by molar-refractivity contribution is 0.0179. The molecular weight excluding hydrogens is 857 g/mol. The molecule has 4 unspecified atom stereocenters. The fourth-order valence-corrected chi connectivity index (χ4v) is 12.3. The van der Waals surface area contributed by atoms with Crippen molar-refractivity contribution in [3.8, 4) is 11.1 Å². The van der Waals surface area contributed by atoms with E-state index in [0.29, 0.717) is 62.5 Å². The van der Waals surface area contributed by atoms with E-state index in [1.54, 1.807) is 36.4 Å². The normalized spacial score (nSPS) is 27.9. The van der Waals surface area contributed by atoms with Crippen LogP contribution in [0.4, 0.5) is 0 Å². The molecule has 0 saturated carbocycles. The number of nitrogens with one attached hydrogen (secondary N) is 4. The summed E-state index contributed by atoms with van der Waals surface area (Å²) in [7, 11) is 0. The van der Waals surface area contributed by atoms with Gasteiger partial charge in [0.25, 0.3) is 0 Å². The molecule has 4 N–H and O–H groups in total. The summed E-state index contributed by atoms with van der Waals surface area (Å²) in [4.78, 5) is 57.9. The van der Waals surface area contributed by atoms with Crippen LogP contribution in [0.1, 0.15) is 229 Å². The summed E-state index contributed by atoms with van der Waals surface area (Å²) in [6.45, 7) is 34.2. The second-order valence-electron chi connectivity index (χ2n) is 26.2. The number of benzene rings is 2. The standard InChI is InChI=1S/C56H86N4O8/c1-49(2)25-21-37(31-53(9,10)57-49)65-45(61)41-19-17-35(29-43(41)47(63)67-39-23-27-51(5,6)59-55(13,14)33-39)36-18-20-42(46(62)66-38-22-26-50(3,4)58-54(11,12)32-38)44(30-36)48(64)68-40-24-28-52(7,8)60-56(15,16)34-40/h17-20,29-30,37-40,57-60H,21-28,31-34H2,1-16H3. The molecule has 4 atom stereocenters. The summed E-state index contributed by atoms with van der Waals surface area (Å²) in [5.41, 5.74) is -0.343. The van der Waals surface area contributed by atoms with Crippen molar-refractivity contribution in [2.45, 2.75) is 257 Å². The van der Waals surface area contributed by atoms with E-state index in [2.05, 4.69) is 132 Å². The first-order valence-corrected chi connectivity index (χ1v) is 25.4. The minimum atomic E-state index is -0.625. The van der Waals surface area contributed by atoms with Crippen LogP contribution >= 0.6 is 0 Å². The SMILES string of the molecule is CC1(C)CCC(OC(=O)c2ccc(-c3ccc(C(=O)OC4CCC(C)(C)NC(C)(C)C4)c(C(=O)OC4CCC(C)(C)NC(C)(C)C4)c3)cc2C(=O)OC2CCC(C)(C)NC(C)(C)C2)CC(C)(C)N1. The molecular formula is C56H86N4O8. The lowest BCUT2D eigenvalue weighted by Gasteiger charge is -2.34. The smallest absolute Gasteiger partial charge is 0.339 e. The predicted molar refractivity (Wildman–Crippen MR) is 269 cm³/mol. The van der Waals surface area contributed by atoms with Crippen molar-refractivity contribution in [1.82, 2.24) is 21.3 Å². The van der Waals surface area contributed by atoms with Gasteiger partial charge in [-0.25, -0.2) is 19.2 Å². The highest BCUT2D eigenvalue weighted by molar-refractivity contribution is 6.06. The number of hydrogen-bond donors (Lipinski definition) is 4. The third-order valence-electron chi connectivity index (χ3n) is 14.4. The molecule has 0 aliphatic carbocycles. The van der Waals surface area contributed by atoms with Gasteiger partial charge in [0.05, 0.1) is 22.3 Å². The summed E-state index contributed by atoms with van der Waals surface area (Å²) in [5.74, 6) is -2.45. The molecule has 0 aromatic heterocycles. The highest BCUT2D eigenvalue weighted by Gasteiger charge is 2.41. The Morgan fingerprint density at radius 3 is 0.809 bits per heavy atom. The number of carbonyl (C=O) groups excluding carboxylic acids is 4. The molecule has 378 valence electrons. The van der Waals surface area contributed by atoms with E-state index in [1.807, 2.05) is 0 Å². The molecule has 0 radical (unpaired) electrons. The summed E-state index contributed by atoms with van der Waals surface area (Å²) in [5, 5.41) is 14.8. The van der Waals surface area contributed by atoms with Gasteiger partial charge < -0.3 is 40.2 Å². The van der Waals surface area contributed by atoms with Crippen LogP contribution in [0.15, 0.2) is 36.4 Å². The van der Waals surface area contributed by atoms with Crippen molar-refractivity contribution in [3.05, 3.63) is 58.7 Å². The molecule has 2 aromatic carbocycles. The first kappa shape index (κ1) is 53.5. The number of esters is 4. The van der Waals surface area contributed by atoms with E-state index in [9.17, 15) is 19.2 Å². The molecule has 4 heterocycles. The molecule has 4 saturated heterocycles. The Hall–Kier alpha value is -3.84. The van der Waals surface area contributed by atoms with Crippen LogP contribution in [-0.2, 0) is 18.9 Å². The third-order valence-corrected chi connectivity index (χ3v) is 14.4. The Kier molecular flexibility index (Phi) is 15.3. The maximum absolute atomic E-state index is 14.6. The van der Waals surface area contributed by atoms with Crippen molar-refractivity contribution in [2.24, 2.45) is 0 Å². The number of carbonyl (C=O) groups is 4. The van der Waals surface area contributed by atoms with Crippen LogP contribution in [-0.4, -0.2) is 92.6 Å². The van der Waals surface area contributed by atoms with Gasteiger partial charge in [-0.2, -0.15) is 0 Å². The quantitative estimate of drug-likeness (QED) is 0.140. The van der Waals surface area contributed by atoms with Crippen molar-refractivity contribution in [3.63, 3.8) is 0 Å². The minimum Gasteiger partial charge on any atom is -0.459 e. The minimum absolute atomic E-state index is 0.0732. The molecule has 4 aliphatic heterocycles. The van der Waals surface area contributed by atoms with Gasteiger partial charge in [0, 0.05) is 70.0 Å². The molecule has 0 amide bonds. The van der Waals surface area contributed by atoms with Crippen LogP contribution in [0.25, 0.3) is 11.1 Å². The zero-order chi connectivity index (χ0) is 50.5. The van der Waals surface area contributed by atoms with Crippen molar-refractivity contribution in [1.29, 1.82) is 0 Å². The summed E-state index contributed by atoms with van der Waals surface area (Å²) in [6.07, 6.45) is 6.65. The Morgan fingerprint density at radius 1 is 0.353 bits per heavy atom. The van der Waals surface area contributed by atoms with Crippen LogP contribution in [0, 0.1) is 0 Å². The van der Waals surface area contributed by atoms with Gasteiger partial charge in [-0.15, -0.1) is 0 Å². The fourth-order valence-electron chi connectivity index (χ4n) is 12.3. The first-order valence-electron chi connectivity index (χ1n) is 25.4. The lowest BCUT2D eigenvalue weighted by Crippen LogP contribution is -2.51. The zero-order valence-corrected chi connectivity index (χ0v) is 44.5. The first-order chi connectivity index (χ1) is 31.1. The van der Waals surface area contributed by atoms with Gasteiger partial charge in [0.15, 0.2) is 0 Å². The van der Waals surface area contributed by atoms with Crippen molar-refractivity contribution in [2.75, 3.05) is 0 Å². The average Bonchev–Trinajstić information content (AvgIpc) is 3.47. The monoisotopic (exact) mass is 943 g/mol. The third kappa shape index (κ3) is 14.6. The number of ether oxygens (including phenoxy) is 4. The summed E-state index contributed by atoms with van der Waals surface area (Å²) in [6, 6.07) is 10.0. The summed E-state index contributed by atoms with van der Waals surface area (Å²) < 4.78 is 25.2. The maximum atomic E-state index is 14.6. The zero-order valence-electron chi connectivity index (χ0n) is 44.5. The molecule has 0 bridgehead atoms. The van der Waals surface area contributed by atoms with E-state index in [1.165, 1.54) is 0 Å². The largest absolute Gasteiger partial charge is 0.459 e. The van der Waals surface area contributed by atoms with E-state index in [0.717, 1.165) is 25.7 Å². The van der Waals surface area contributed by atoms with E-state index in [-0.39, 0.29) is 78.8 Å². The van der Waals surface area contributed by atoms with Crippen molar-refractivity contribution < 1.29 is 38.1 Å². The topological polar surface area (TPSA) is 153 Å². The Labute approximate surface area is 408 Å². The lowest BCUT2D eigenvalue weighted by atomic mass is 9.94. The van der Waals surface area contributed by atoms with Gasteiger partial charge in [-0.05, 0) is 198 Å². The van der Waals surface area contributed by atoms with Gasteiger partial charge in [0.1, 0.15) is 24.4 Å². The van der Waals surface area contributed by atoms with Gasteiger partial charge in [-0.3, -0.25) is 0 Å². The van der Waals surface area contributed by atoms with Crippen LogP contribution in [0.2, 0.25) is 0 Å². The predicted octanol–water partition coefficient (Wildman–Crippen LogP) is 10.8. The van der Waals surface area contributed by atoms with E-state index in [4.69, 9.17) is 18.9 Å². The van der Waals surface area contributed by atoms with Crippen LogP contribution in [0.5, 0.6) is 0 Å². The molecule has 12 nitrogen and oxygen atoms in total. The Morgan fingerprint density at radius 2 is 0.574 bits per heavy atom. The van der Waals surface area contributed by atoms with Gasteiger partial charge in [0.2, 0.25) is 0 Å². The molecule has 2 aromatic rings. The second kappa shape index (κ2) is 19.4. The highest BCUT2D eigenvalue weighted by Crippen LogP contribution is 2.36. The fraction of sp³-hybridized carbons (Fsp3) is 0.714. The molecule has 68 heavy (non-hydrogen) atoms. The van der Waals surface area contributed by atoms with Crippen LogP contribution in [0.3, 0.4) is 0 Å². The molecule has 0 spiro atoms. The number of rotatable bonds is 9. The van der Waals surface area contributed by atoms with Gasteiger partial charge in [-0.1, -0.05) is 12.1 Å². The van der Waals surface area contributed by atoms with E-state index < -0.39 is 36.1 Å². The molecule has 12 heteroatoms. The Balaban J connectivity index is 1.38. The van der Waals surface area contributed by atoms with Crippen molar-refractivity contribution >= 4 is 23.9 Å². The molecule has 4 aliphatic rings.